The van der Waals surface area contributed by atoms with Gasteiger partial charge in [-0.05, 0) is 47.3 Å². The first-order valence-electron chi connectivity index (χ1n) is 5.84. The van der Waals surface area contributed by atoms with Gasteiger partial charge in [-0.25, -0.2) is 0 Å². The Morgan fingerprint density at radius 2 is 1.94 bits per heavy atom. The summed E-state index contributed by atoms with van der Waals surface area (Å²) in [5.41, 5.74) is 0. The largest absolute Gasteiger partial charge is 0.493 e. The topological polar surface area (TPSA) is 9.23 Å². The van der Waals surface area contributed by atoms with Gasteiger partial charge in [0.25, 0.3) is 0 Å². The van der Waals surface area contributed by atoms with Gasteiger partial charge in [0.1, 0.15) is 5.75 Å². The van der Waals surface area contributed by atoms with Crippen LogP contribution in [0.1, 0.15) is 6.92 Å². The lowest BCUT2D eigenvalue weighted by atomic mass is 10.0. The smallest absolute Gasteiger partial charge is 0.127 e. The van der Waals surface area contributed by atoms with E-state index >= 15 is 0 Å². The molecule has 0 saturated carbocycles. The summed E-state index contributed by atoms with van der Waals surface area (Å²) in [6.45, 7) is 2.70. The van der Waals surface area contributed by atoms with E-state index in [1.807, 2.05) is 31.2 Å². The fraction of sp³-hybridized carbons (Fsp3) is 0.125. The highest BCUT2D eigenvalue weighted by Gasteiger charge is 2.03. The molecule has 3 aromatic carbocycles. The summed E-state index contributed by atoms with van der Waals surface area (Å²) in [6, 6.07) is 19.8. The highest BCUT2D eigenvalue weighted by Crippen LogP contribution is 2.29. The third-order valence-electron chi connectivity index (χ3n) is 2.92. The molecule has 1 radical (unpaired) electrons. The number of ether oxygens (including phenoxy) is 1. The maximum absolute atomic E-state index is 5.65. The van der Waals surface area contributed by atoms with E-state index in [-0.39, 0.29) is 0 Å². The van der Waals surface area contributed by atoms with Gasteiger partial charge in [0.2, 0.25) is 0 Å². The first-order valence-corrected chi connectivity index (χ1v) is 5.84. The van der Waals surface area contributed by atoms with Crippen LogP contribution in [-0.2, 0) is 0 Å². The zero-order chi connectivity index (χ0) is 11.7. The Kier molecular flexibility index (Phi) is 2.45. The van der Waals surface area contributed by atoms with Gasteiger partial charge in [0, 0.05) is 5.39 Å². The lowest BCUT2D eigenvalue weighted by Crippen LogP contribution is -1.92. The highest BCUT2D eigenvalue weighted by molar-refractivity contribution is 6.00. The molecule has 17 heavy (non-hydrogen) atoms. The summed E-state index contributed by atoms with van der Waals surface area (Å²) in [7, 11) is 0. The standard InChI is InChI=1S/C16H13O/c1-2-17-16-9-5-8-14-10-12-6-3-4-7-13(12)11-15(14)16/h3-6,8-11H,2H2,1H3. The Hall–Kier alpha value is -2.02. The van der Waals surface area contributed by atoms with Crippen molar-refractivity contribution in [1.82, 2.24) is 0 Å². The van der Waals surface area contributed by atoms with Gasteiger partial charge in [-0.1, -0.05) is 30.3 Å². The van der Waals surface area contributed by atoms with E-state index in [9.17, 15) is 0 Å². The molecular weight excluding hydrogens is 208 g/mol. The fourth-order valence-corrected chi connectivity index (χ4v) is 2.15. The molecule has 0 atom stereocenters. The van der Waals surface area contributed by atoms with Crippen LogP contribution in [-0.4, -0.2) is 6.61 Å². The van der Waals surface area contributed by atoms with Crippen molar-refractivity contribution in [2.45, 2.75) is 6.92 Å². The van der Waals surface area contributed by atoms with Gasteiger partial charge in [-0.2, -0.15) is 0 Å². The van der Waals surface area contributed by atoms with Crippen LogP contribution in [0.3, 0.4) is 0 Å². The van der Waals surface area contributed by atoms with E-state index in [4.69, 9.17) is 4.74 Å². The predicted molar refractivity (Wildman–Crippen MR) is 71.5 cm³/mol. The molecule has 0 N–H and O–H groups in total. The Balaban J connectivity index is 2.35. The second-order valence-electron chi connectivity index (χ2n) is 4.02. The molecule has 0 aliphatic rings. The molecule has 1 heteroatoms. The molecule has 3 aromatic rings. The van der Waals surface area contributed by atoms with Crippen LogP contribution in [0.25, 0.3) is 21.5 Å². The summed E-state index contributed by atoms with van der Waals surface area (Å²) in [6.07, 6.45) is 0. The Labute approximate surface area is 101 Å². The zero-order valence-electron chi connectivity index (χ0n) is 9.73. The monoisotopic (exact) mass is 221 g/mol. The zero-order valence-corrected chi connectivity index (χ0v) is 9.73. The van der Waals surface area contributed by atoms with Crippen molar-refractivity contribution in [1.29, 1.82) is 0 Å². The SMILES string of the molecule is CCOc1cccc2cc3ccc[c]c3cc12. The highest BCUT2D eigenvalue weighted by atomic mass is 16.5. The maximum Gasteiger partial charge on any atom is 0.127 e. The molecular formula is C16H13O. The number of hydrogen-bond acceptors (Lipinski definition) is 1. The van der Waals surface area contributed by atoms with Gasteiger partial charge in [0.15, 0.2) is 0 Å². The molecule has 3 rings (SSSR count). The molecule has 0 heterocycles. The average molecular weight is 221 g/mol. The van der Waals surface area contributed by atoms with Crippen molar-refractivity contribution >= 4 is 21.5 Å². The van der Waals surface area contributed by atoms with Crippen molar-refractivity contribution in [2.24, 2.45) is 0 Å². The first-order chi connectivity index (χ1) is 8.38. The normalized spacial score (nSPS) is 10.9. The summed E-state index contributed by atoms with van der Waals surface area (Å²) >= 11 is 0. The molecule has 0 unspecified atom stereocenters. The minimum absolute atomic E-state index is 0.690. The second kappa shape index (κ2) is 4.10. The summed E-state index contributed by atoms with van der Waals surface area (Å²) in [5.74, 6) is 0.948. The predicted octanol–water partition coefficient (Wildman–Crippen LogP) is 4.19. The Bertz CT molecular complexity index is 670. The molecule has 0 amide bonds. The Morgan fingerprint density at radius 1 is 1.06 bits per heavy atom. The molecule has 1 nitrogen and oxygen atoms in total. The minimum atomic E-state index is 0.690. The van der Waals surface area contributed by atoms with Crippen molar-refractivity contribution in [2.75, 3.05) is 6.61 Å². The van der Waals surface area contributed by atoms with Gasteiger partial charge in [-0.3, -0.25) is 0 Å². The molecule has 0 aliphatic heterocycles. The molecule has 0 saturated heterocycles. The molecule has 0 bridgehead atoms. The number of benzene rings is 3. The fourth-order valence-electron chi connectivity index (χ4n) is 2.15. The minimum Gasteiger partial charge on any atom is -0.493 e. The lowest BCUT2D eigenvalue weighted by molar-refractivity contribution is 0.344. The van der Waals surface area contributed by atoms with Gasteiger partial charge >= 0.3 is 0 Å². The summed E-state index contributed by atoms with van der Waals surface area (Å²) in [4.78, 5) is 0. The van der Waals surface area contributed by atoms with Gasteiger partial charge in [-0.15, -0.1) is 0 Å². The van der Waals surface area contributed by atoms with Crippen molar-refractivity contribution in [3.05, 3.63) is 54.6 Å². The summed E-state index contributed by atoms with van der Waals surface area (Å²) in [5, 5.41) is 4.72. The number of rotatable bonds is 2. The van der Waals surface area contributed by atoms with Gasteiger partial charge in [0.05, 0.1) is 6.61 Å². The molecule has 83 valence electrons. The van der Waals surface area contributed by atoms with Crippen LogP contribution >= 0.6 is 0 Å². The van der Waals surface area contributed by atoms with Crippen molar-refractivity contribution in [3.8, 4) is 5.75 Å². The van der Waals surface area contributed by atoms with E-state index < -0.39 is 0 Å². The van der Waals surface area contributed by atoms with Crippen molar-refractivity contribution < 1.29 is 4.74 Å². The molecule has 0 fully saturated rings. The average Bonchev–Trinajstić information content (AvgIpc) is 2.37. The maximum atomic E-state index is 5.65. The van der Waals surface area contributed by atoms with E-state index in [2.05, 4.69) is 30.3 Å². The van der Waals surface area contributed by atoms with Crippen LogP contribution < -0.4 is 4.74 Å². The van der Waals surface area contributed by atoms with Crippen molar-refractivity contribution in [3.63, 3.8) is 0 Å². The molecule has 0 aromatic heterocycles. The van der Waals surface area contributed by atoms with E-state index in [0.29, 0.717) is 6.61 Å². The molecule has 0 spiro atoms. The van der Waals surface area contributed by atoms with E-state index in [0.717, 1.165) is 16.5 Å². The summed E-state index contributed by atoms with van der Waals surface area (Å²) < 4.78 is 5.65. The third-order valence-corrected chi connectivity index (χ3v) is 2.92. The van der Waals surface area contributed by atoms with Crippen LogP contribution in [0.2, 0.25) is 0 Å². The third kappa shape index (κ3) is 1.74. The van der Waals surface area contributed by atoms with E-state index in [1.165, 1.54) is 10.8 Å². The first kappa shape index (κ1) is 10.2. The number of fused-ring (bicyclic) bond motifs is 2. The van der Waals surface area contributed by atoms with Crippen LogP contribution in [0.5, 0.6) is 5.75 Å². The van der Waals surface area contributed by atoms with Crippen LogP contribution in [0.4, 0.5) is 0 Å². The van der Waals surface area contributed by atoms with E-state index in [1.54, 1.807) is 0 Å². The lowest BCUT2D eigenvalue weighted by Gasteiger charge is -2.08. The van der Waals surface area contributed by atoms with Crippen LogP contribution in [0, 0.1) is 6.07 Å². The number of hydrogen-bond donors (Lipinski definition) is 0. The second-order valence-corrected chi connectivity index (χ2v) is 4.02. The Morgan fingerprint density at radius 3 is 2.82 bits per heavy atom. The molecule has 0 aliphatic carbocycles. The van der Waals surface area contributed by atoms with Crippen LogP contribution in [0.15, 0.2) is 48.5 Å². The quantitative estimate of drug-likeness (QED) is 0.589. The van der Waals surface area contributed by atoms with Gasteiger partial charge < -0.3 is 4.74 Å².